The van der Waals surface area contributed by atoms with Crippen LogP contribution in [0.2, 0.25) is 0 Å². The minimum Gasteiger partial charge on any atom is -0.459 e. The number of ether oxygens (including phenoxy) is 1. The molecule has 1 aromatic carbocycles. The minimum absolute atomic E-state index is 0.0493. The van der Waals surface area contributed by atoms with Gasteiger partial charge in [-0.05, 0) is 58.5 Å². The molecule has 2 aliphatic rings. The van der Waals surface area contributed by atoms with Crippen LogP contribution in [0.5, 0.6) is 0 Å². The smallest absolute Gasteiger partial charge is 0.411 e. The summed E-state index contributed by atoms with van der Waals surface area (Å²) in [5.41, 5.74) is -0.992. The van der Waals surface area contributed by atoms with Crippen LogP contribution in [-0.2, 0) is 9.53 Å². The molecule has 0 bridgehead atoms. The molecule has 0 saturated carbocycles. The molecule has 0 radical (unpaired) electrons. The zero-order valence-electron chi connectivity index (χ0n) is 21.4. The van der Waals surface area contributed by atoms with Gasteiger partial charge in [0.2, 0.25) is 5.91 Å². The zero-order valence-corrected chi connectivity index (χ0v) is 21.4. The van der Waals surface area contributed by atoms with Crippen molar-refractivity contribution in [3.05, 3.63) is 54.0 Å². The predicted octanol–water partition coefficient (Wildman–Crippen LogP) is 3.36. The first-order valence-electron chi connectivity index (χ1n) is 12.2. The average Bonchev–Trinajstić information content (AvgIpc) is 3.50. The second-order valence-electron chi connectivity index (χ2n) is 10.4. The molecule has 0 aliphatic carbocycles. The first-order valence-corrected chi connectivity index (χ1v) is 12.2. The molecule has 2 aliphatic heterocycles. The molecule has 2 saturated heterocycles. The van der Waals surface area contributed by atoms with Crippen molar-refractivity contribution in [2.24, 2.45) is 0 Å². The van der Waals surface area contributed by atoms with Gasteiger partial charge in [0.15, 0.2) is 5.76 Å². The molecule has 0 N–H and O–H groups in total. The third kappa shape index (κ3) is 5.93. The van der Waals surface area contributed by atoms with Gasteiger partial charge >= 0.3 is 6.09 Å². The average molecular weight is 519 g/mol. The van der Waals surface area contributed by atoms with Crippen LogP contribution in [0.3, 0.4) is 0 Å². The van der Waals surface area contributed by atoms with E-state index in [0.717, 1.165) is 11.0 Å². The number of carbonyl (C=O) groups excluding carboxylic acids is 3. The molecular weight excluding hydrogens is 486 g/mol. The number of hydrogen-bond donors (Lipinski definition) is 0. The van der Waals surface area contributed by atoms with Crippen molar-refractivity contribution < 1.29 is 32.3 Å². The van der Waals surface area contributed by atoms with Crippen molar-refractivity contribution in [2.45, 2.75) is 44.9 Å². The fraction of sp³-hybridized carbons (Fsp3) is 0.500. The lowest BCUT2D eigenvalue weighted by Gasteiger charge is -2.36. The molecule has 2 fully saturated rings. The summed E-state index contributed by atoms with van der Waals surface area (Å²) < 4.78 is 39.5. The Bertz CT molecular complexity index is 1140. The Morgan fingerprint density at radius 2 is 1.78 bits per heavy atom. The number of carbonyl (C=O) groups is 3. The van der Waals surface area contributed by atoms with Crippen LogP contribution in [0.15, 0.2) is 41.0 Å². The molecule has 2 atom stereocenters. The van der Waals surface area contributed by atoms with Crippen molar-refractivity contribution in [3.63, 3.8) is 0 Å². The van der Waals surface area contributed by atoms with Gasteiger partial charge in [0.1, 0.15) is 23.3 Å². The number of hydrogen-bond acceptors (Lipinski definition) is 6. The maximum absolute atomic E-state index is 15.0. The molecule has 37 heavy (non-hydrogen) atoms. The van der Waals surface area contributed by atoms with Crippen LogP contribution < -0.4 is 4.90 Å². The van der Waals surface area contributed by atoms with Gasteiger partial charge < -0.3 is 19.0 Å². The van der Waals surface area contributed by atoms with Crippen molar-refractivity contribution in [3.8, 4) is 0 Å². The molecule has 3 amide bonds. The Hall–Kier alpha value is -3.47. The minimum atomic E-state index is -0.947. The van der Waals surface area contributed by atoms with Crippen molar-refractivity contribution in [1.82, 2.24) is 14.7 Å². The Kier molecular flexibility index (Phi) is 7.54. The number of furan rings is 1. The van der Waals surface area contributed by atoms with Crippen LogP contribution in [0.4, 0.5) is 19.3 Å². The summed E-state index contributed by atoms with van der Waals surface area (Å²) in [4.78, 5) is 46.6. The van der Waals surface area contributed by atoms with Crippen LogP contribution in [0.25, 0.3) is 0 Å². The number of halogens is 2. The number of likely N-dealkylation sites (N-methyl/N-ethyl adjacent to an activating group) is 1. The van der Waals surface area contributed by atoms with Crippen LogP contribution in [0.1, 0.15) is 37.7 Å². The number of anilines is 1. The fourth-order valence-electron chi connectivity index (χ4n) is 4.66. The Morgan fingerprint density at radius 3 is 2.38 bits per heavy atom. The normalized spacial score (nSPS) is 20.7. The summed E-state index contributed by atoms with van der Waals surface area (Å²) in [6.07, 6.45) is 0.661. The molecule has 3 heterocycles. The lowest BCUT2D eigenvalue weighted by molar-refractivity contribution is -0.137. The highest BCUT2D eigenvalue weighted by molar-refractivity contribution is 6.05. The molecular formula is C26H32F2N4O5. The van der Waals surface area contributed by atoms with E-state index in [4.69, 9.17) is 9.15 Å². The summed E-state index contributed by atoms with van der Waals surface area (Å²) in [7, 11) is 1.97. The summed E-state index contributed by atoms with van der Waals surface area (Å²) in [5.74, 6) is -2.72. The molecule has 200 valence electrons. The van der Waals surface area contributed by atoms with E-state index in [0.29, 0.717) is 32.2 Å². The number of nitrogens with zero attached hydrogens (tertiary/aromatic N) is 4. The van der Waals surface area contributed by atoms with Crippen LogP contribution in [-0.4, -0.2) is 90.1 Å². The van der Waals surface area contributed by atoms with E-state index in [1.807, 2.05) is 7.05 Å². The van der Waals surface area contributed by atoms with Gasteiger partial charge in [0, 0.05) is 38.8 Å². The molecule has 9 nitrogen and oxygen atoms in total. The standard InChI is InChI=1S/C26H32F2N4O5/c1-26(2,3)37-25(35)31-16-18(15-21(31)23(33)30-11-9-29(4)10-12-30)32(24(34)22-6-5-13-36-22)20-8-7-17(27)14-19(20)28/h5-8,13-14,18,21H,9-12,15-16H2,1-4H3/t18-,21-/m0/s1. The molecule has 2 aromatic rings. The topological polar surface area (TPSA) is 86.5 Å². The fourth-order valence-corrected chi connectivity index (χ4v) is 4.66. The van der Waals surface area contributed by atoms with Crippen LogP contribution >= 0.6 is 0 Å². The monoisotopic (exact) mass is 518 g/mol. The van der Waals surface area contributed by atoms with E-state index in [1.54, 1.807) is 25.7 Å². The van der Waals surface area contributed by atoms with E-state index in [2.05, 4.69) is 4.90 Å². The summed E-state index contributed by atoms with van der Waals surface area (Å²) in [5, 5.41) is 0. The summed E-state index contributed by atoms with van der Waals surface area (Å²) >= 11 is 0. The quantitative estimate of drug-likeness (QED) is 0.617. The van der Waals surface area contributed by atoms with E-state index in [9.17, 15) is 23.2 Å². The van der Waals surface area contributed by atoms with E-state index >= 15 is 0 Å². The van der Waals surface area contributed by atoms with Crippen molar-refractivity contribution in [2.75, 3.05) is 44.7 Å². The van der Waals surface area contributed by atoms with E-state index in [-0.39, 0.29) is 30.3 Å². The number of rotatable bonds is 4. The molecule has 0 unspecified atom stereocenters. The maximum atomic E-state index is 15.0. The van der Waals surface area contributed by atoms with Gasteiger partial charge in [-0.25, -0.2) is 13.6 Å². The Labute approximate surface area is 214 Å². The molecule has 0 spiro atoms. The predicted molar refractivity (Wildman–Crippen MR) is 131 cm³/mol. The van der Waals surface area contributed by atoms with E-state index < -0.39 is 41.3 Å². The molecule has 11 heteroatoms. The van der Waals surface area contributed by atoms with Gasteiger partial charge in [0.25, 0.3) is 5.91 Å². The first-order chi connectivity index (χ1) is 17.4. The van der Waals surface area contributed by atoms with Crippen molar-refractivity contribution >= 4 is 23.6 Å². The highest BCUT2D eigenvalue weighted by Crippen LogP contribution is 2.32. The van der Waals surface area contributed by atoms with Gasteiger partial charge in [0.05, 0.1) is 18.0 Å². The zero-order chi connectivity index (χ0) is 26.9. The molecule has 1 aromatic heterocycles. The SMILES string of the molecule is CN1CCN(C(=O)[C@@H]2C[C@H](N(C(=O)c3ccco3)c3ccc(F)cc3F)CN2C(=O)OC(C)(C)C)CC1. The molecule has 4 rings (SSSR count). The number of benzene rings is 1. The number of piperazine rings is 1. The lowest BCUT2D eigenvalue weighted by atomic mass is 10.1. The van der Waals surface area contributed by atoms with Gasteiger partial charge in [-0.15, -0.1) is 0 Å². The summed E-state index contributed by atoms with van der Waals surface area (Å²) in [6, 6.07) is 4.14. The first kappa shape index (κ1) is 26.6. The van der Waals surface area contributed by atoms with E-state index in [1.165, 1.54) is 29.4 Å². The summed E-state index contributed by atoms with van der Waals surface area (Å²) in [6.45, 7) is 7.46. The number of likely N-dealkylation sites (tertiary alicyclic amines) is 1. The largest absolute Gasteiger partial charge is 0.459 e. The lowest BCUT2D eigenvalue weighted by Crippen LogP contribution is -2.54. The highest BCUT2D eigenvalue weighted by Gasteiger charge is 2.47. The van der Waals surface area contributed by atoms with Gasteiger partial charge in [-0.2, -0.15) is 0 Å². The Morgan fingerprint density at radius 1 is 1.08 bits per heavy atom. The van der Waals surface area contributed by atoms with Crippen LogP contribution in [0, 0.1) is 11.6 Å². The highest BCUT2D eigenvalue weighted by atomic mass is 19.1. The Balaban J connectivity index is 1.69. The van der Waals surface area contributed by atoms with Crippen molar-refractivity contribution in [1.29, 1.82) is 0 Å². The number of amides is 3. The second kappa shape index (κ2) is 10.5. The van der Waals surface area contributed by atoms with Gasteiger partial charge in [-0.3, -0.25) is 19.4 Å². The van der Waals surface area contributed by atoms with Gasteiger partial charge in [-0.1, -0.05) is 0 Å². The third-order valence-electron chi connectivity index (χ3n) is 6.49. The second-order valence-corrected chi connectivity index (χ2v) is 10.4. The maximum Gasteiger partial charge on any atom is 0.411 e. The third-order valence-corrected chi connectivity index (χ3v) is 6.49.